The number of aliphatic hydroxyl groups is 1. The van der Waals surface area contributed by atoms with Gasteiger partial charge in [-0.15, -0.1) is 0 Å². The van der Waals surface area contributed by atoms with E-state index in [4.69, 9.17) is 9.84 Å². The van der Waals surface area contributed by atoms with E-state index in [1.807, 2.05) is 17.0 Å². The highest BCUT2D eigenvalue weighted by Gasteiger charge is 2.38. The number of carbonyl (C=O) groups is 3. The highest BCUT2D eigenvalue weighted by molar-refractivity contribution is 5.76. The Morgan fingerprint density at radius 3 is 2.60 bits per heavy atom. The van der Waals surface area contributed by atoms with Crippen molar-refractivity contribution in [3.8, 4) is 0 Å². The number of rotatable bonds is 9. The first-order chi connectivity index (χ1) is 16.8. The summed E-state index contributed by atoms with van der Waals surface area (Å²) in [4.78, 5) is 45.9. The van der Waals surface area contributed by atoms with Crippen molar-refractivity contribution in [3.63, 3.8) is 0 Å². The number of anilines is 1. The molecule has 4 heterocycles. The number of hydrogen-bond acceptors (Lipinski definition) is 7. The molecule has 1 aromatic heterocycles. The van der Waals surface area contributed by atoms with Gasteiger partial charge in [0.2, 0.25) is 5.91 Å². The van der Waals surface area contributed by atoms with Crippen LogP contribution in [0.5, 0.6) is 0 Å². The molecule has 0 aromatic carbocycles. The molecule has 1 aromatic rings. The largest absolute Gasteiger partial charge is 0.481 e. The van der Waals surface area contributed by atoms with Crippen LogP contribution in [0, 0.1) is 0 Å². The number of carbonyl (C=O) groups excluding carboxylic acids is 2. The summed E-state index contributed by atoms with van der Waals surface area (Å²) in [7, 11) is 0. The molecule has 10 nitrogen and oxygen atoms in total. The average Bonchev–Trinajstić information content (AvgIpc) is 3.22. The monoisotopic (exact) mass is 488 g/mol. The zero-order chi connectivity index (χ0) is 24.8. The first kappa shape index (κ1) is 25.2. The fraction of sp³-hybridized carbons (Fsp3) is 0.680. The van der Waals surface area contributed by atoms with E-state index in [-0.39, 0.29) is 37.1 Å². The first-order valence-corrected chi connectivity index (χ1v) is 12.7. The van der Waals surface area contributed by atoms with E-state index in [9.17, 15) is 19.5 Å². The van der Waals surface area contributed by atoms with Gasteiger partial charge in [0, 0.05) is 56.7 Å². The summed E-state index contributed by atoms with van der Waals surface area (Å²) in [6, 6.07) is 4.20. The quantitative estimate of drug-likeness (QED) is 0.508. The molecular weight excluding hydrogens is 452 g/mol. The molecule has 0 saturated carbocycles. The SMILES string of the molecule is O=C(O)CC1(O)CCCN(C(=O)CCCCC2CN(C3CCN(c4ccncc4)CC3)C(=O)O2)C1. The molecule has 0 bridgehead atoms. The molecule has 0 radical (unpaired) electrons. The Kier molecular flexibility index (Phi) is 8.10. The minimum atomic E-state index is -1.34. The van der Waals surface area contributed by atoms with Crippen molar-refractivity contribution in [2.45, 2.75) is 75.5 Å². The van der Waals surface area contributed by atoms with Crippen LogP contribution in [0.15, 0.2) is 24.5 Å². The van der Waals surface area contributed by atoms with Crippen LogP contribution in [0.2, 0.25) is 0 Å². The number of nitrogens with zero attached hydrogens (tertiary/aromatic N) is 4. The maximum atomic E-state index is 12.6. The van der Waals surface area contributed by atoms with Crippen LogP contribution in [0.25, 0.3) is 0 Å². The van der Waals surface area contributed by atoms with Gasteiger partial charge in [-0.1, -0.05) is 0 Å². The van der Waals surface area contributed by atoms with E-state index >= 15 is 0 Å². The summed E-state index contributed by atoms with van der Waals surface area (Å²) >= 11 is 0. The summed E-state index contributed by atoms with van der Waals surface area (Å²) in [5.74, 6) is -1.11. The molecule has 2 atom stereocenters. The smallest absolute Gasteiger partial charge is 0.410 e. The van der Waals surface area contributed by atoms with Gasteiger partial charge >= 0.3 is 12.1 Å². The molecule has 3 fully saturated rings. The second kappa shape index (κ2) is 11.2. The minimum Gasteiger partial charge on any atom is -0.481 e. The van der Waals surface area contributed by atoms with Crippen molar-refractivity contribution < 1.29 is 29.3 Å². The number of ether oxygens (including phenoxy) is 1. The molecule has 0 spiro atoms. The number of β-amino-alcohol motifs (C(OH)–C–C–N with tert-alkyl or cyclic N) is 1. The molecule has 2 amide bonds. The molecule has 35 heavy (non-hydrogen) atoms. The van der Waals surface area contributed by atoms with Crippen molar-refractivity contribution in [1.82, 2.24) is 14.8 Å². The van der Waals surface area contributed by atoms with Gasteiger partial charge < -0.3 is 29.6 Å². The van der Waals surface area contributed by atoms with Crippen LogP contribution in [-0.2, 0) is 14.3 Å². The van der Waals surface area contributed by atoms with Gasteiger partial charge in [-0.2, -0.15) is 0 Å². The van der Waals surface area contributed by atoms with Crippen LogP contribution in [0.3, 0.4) is 0 Å². The fourth-order valence-corrected chi connectivity index (χ4v) is 5.54. The van der Waals surface area contributed by atoms with E-state index in [0.717, 1.165) is 38.0 Å². The number of aromatic nitrogens is 1. The molecule has 2 unspecified atom stereocenters. The Labute approximate surface area is 205 Å². The number of carboxylic acid groups (broad SMARTS) is 1. The van der Waals surface area contributed by atoms with E-state index in [1.165, 1.54) is 0 Å². The van der Waals surface area contributed by atoms with E-state index < -0.39 is 11.6 Å². The lowest BCUT2D eigenvalue weighted by Crippen LogP contribution is -2.51. The molecule has 2 N–H and O–H groups in total. The fourth-order valence-electron chi connectivity index (χ4n) is 5.54. The molecular formula is C25H36N4O6. The third-order valence-electron chi connectivity index (χ3n) is 7.39. The molecule has 10 heteroatoms. The van der Waals surface area contributed by atoms with E-state index in [1.54, 1.807) is 17.3 Å². The number of cyclic esters (lactones) is 1. The van der Waals surface area contributed by atoms with Crippen LogP contribution in [0.4, 0.5) is 10.5 Å². The second-order valence-electron chi connectivity index (χ2n) is 10.0. The van der Waals surface area contributed by atoms with E-state index in [0.29, 0.717) is 45.2 Å². The van der Waals surface area contributed by atoms with Crippen molar-refractivity contribution >= 4 is 23.7 Å². The third-order valence-corrected chi connectivity index (χ3v) is 7.39. The normalized spacial score (nSPS) is 25.6. The van der Waals surface area contributed by atoms with Crippen molar-refractivity contribution in [1.29, 1.82) is 0 Å². The number of unbranched alkanes of at least 4 members (excludes halogenated alkanes) is 1. The van der Waals surface area contributed by atoms with Gasteiger partial charge in [-0.25, -0.2) is 4.79 Å². The maximum absolute atomic E-state index is 12.6. The number of carboxylic acids is 1. The average molecular weight is 489 g/mol. The topological polar surface area (TPSA) is 124 Å². The van der Waals surface area contributed by atoms with Crippen molar-refractivity contribution in [2.24, 2.45) is 0 Å². The van der Waals surface area contributed by atoms with Crippen LogP contribution < -0.4 is 4.90 Å². The highest BCUT2D eigenvalue weighted by atomic mass is 16.6. The highest BCUT2D eigenvalue weighted by Crippen LogP contribution is 2.28. The molecule has 4 rings (SSSR count). The number of aliphatic carboxylic acids is 1. The third kappa shape index (κ3) is 6.62. The lowest BCUT2D eigenvalue weighted by Gasteiger charge is -2.38. The lowest BCUT2D eigenvalue weighted by atomic mass is 9.89. The first-order valence-electron chi connectivity index (χ1n) is 12.7. The summed E-state index contributed by atoms with van der Waals surface area (Å²) in [5.41, 5.74) is -0.179. The Bertz CT molecular complexity index is 891. The summed E-state index contributed by atoms with van der Waals surface area (Å²) in [5, 5.41) is 19.5. The van der Waals surface area contributed by atoms with Crippen LogP contribution in [-0.4, -0.2) is 93.4 Å². The number of hydrogen-bond donors (Lipinski definition) is 2. The number of amides is 2. The predicted molar refractivity (Wildman–Crippen MR) is 128 cm³/mol. The van der Waals surface area contributed by atoms with Gasteiger partial charge in [0.15, 0.2) is 0 Å². The minimum absolute atomic E-state index is 0.0560. The molecule has 0 aliphatic carbocycles. The van der Waals surface area contributed by atoms with Crippen molar-refractivity contribution in [2.75, 3.05) is 37.6 Å². The summed E-state index contributed by atoms with van der Waals surface area (Å²) < 4.78 is 5.61. The number of pyridine rings is 1. The molecule has 3 saturated heterocycles. The van der Waals surface area contributed by atoms with Gasteiger partial charge in [0.05, 0.1) is 18.6 Å². The predicted octanol–water partition coefficient (Wildman–Crippen LogP) is 2.26. The van der Waals surface area contributed by atoms with Gasteiger partial charge in [-0.05, 0) is 57.1 Å². The maximum Gasteiger partial charge on any atom is 0.410 e. The van der Waals surface area contributed by atoms with Gasteiger partial charge in [-0.3, -0.25) is 14.6 Å². The molecule has 192 valence electrons. The number of likely N-dealkylation sites (tertiary alicyclic amines) is 1. The Hall–Kier alpha value is -2.88. The second-order valence-corrected chi connectivity index (χ2v) is 10.0. The zero-order valence-electron chi connectivity index (χ0n) is 20.2. The molecule has 3 aliphatic heterocycles. The molecule has 3 aliphatic rings. The van der Waals surface area contributed by atoms with Crippen LogP contribution in [0.1, 0.15) is 57.8 Å². The van der Waals surface area contributed by atoms with E-state index in [2.05, 4.69) is 9.88 Å². The van der Waals surface area contributed by atoms with Gasteiger partial charge in [0.1, 0.15) is 6.10 Å². The summed E-state index contributed by atoms with van der Waals surface area (Å²) in [6.45, 7) is 3.01. The summed E-state index contributed by atoms with van der Waals surface area (Å²) in [6.07, 6.45) is 8.18. The van der Waals surface area contributed by atoms with Crippen LogP contribution >= 0.6 is 0 Å². The lowest BCUT2D eigenvalue weighted by molar-refractivity contribution is -0.150. The Morgan fingerprint density at radius 1 is 1.14 bits per heavy atom. The standard InChI is InChI=1S/C25H36N4O6/c30-22(28-13-3-10-25(34,18-28)16-23(31)32)5-2-1-4-21-17-29(24(33)35-21)20-8-14-27(15-9-20)19-6-11-26-12-7-19/h6-7,11-12,20-21,34H,1-5,8-10,13-18H2,(H,31,32). The number of piperidine rings is 2. The van der Waals surface area contributed by atoms with Crippen molar-refractivity contribution in [3.05, 3.63) is 24.5 Å². The zero-order valence-corrected chi connectivity index (χ0v) is 20.2. The Morgan fingerprint density at radius 2 is 1.89 bits per heavy atom. The van der Waals surface area contributed by atoms with Gasteiger partial charge in [0.25, 0.3) is 0 Å². The Balaban J connectivity index is 1.15.